The van der Waals surface area contributed by atoms with Gasteiger partial charge in [0.1, 0.15) is 17.4 Å². The number of piperidine rings is 1. The topological polar surface area (TPSA) is 118 Å². The molecule has 9 nitrogen and oxygen atoms in total. The first-order chi connectivity index (χ1) is 18.2. The standard InChI is InChI=1S/C28H38FN5O4S.3H2/c1-17(2)15-38-22-9-19(8-21(29)10-22)24-7-6-23(25(31-24)34-13-18(3)11-27(34,4)5)26(35)32-39(36,37)33-14-20-12-28(20,30)16-33;;;/h6-10,17-18,20H,11-16,30H2,1-5H3,(H,32,35);3*1H/t18-,20?,28?;;;/m0.../s1. The largest absolute Gasteiger partial charge is 0.493 e. The molecule has 3 aliphatic rings. The molecule has 5 rings (SSSR count). The molecule has 3 fully saturated rings. The fraction of sp³-hybridized carbons (Fsp3) is 0.571. The Bertz CT molecular complexity index is 1410. The van der Waals surface area contributed by atoms with Gasteiger partial charge in [0.25, 0.3) is 5.91 Å². The maximum atomic E-state index is 14.5. The minimum atomic E-state index is -4.07. The number of amides is 1. The van der Waals surface area contributed by atoms with Gasteiger partial charge in [-0.25, -0.2) is 14.1 Å². The quantitative estimate of drug-likeness (QED) is 0.490. The van der Waals surface area contributed by atoms with Crippen molar-refractivity contribution < 1.29 is 26.6 Å². The molecule has 1 saturated carbocycles. The van der Waals surface area contributed by atoms with E-state index in [4.69, 9.17) is 15.5 Å². The van der Waals surface area contributed by atoms with E-state index >= 15 is 0 Å². The number of benzene rings is 1. The number of rotatable bonds is 8. The lowest BCUT2D eigenvalue weighted by Gasteiger charge is -2.34. The molecular formula is C28H44FN5O4S. The van der Waals surface area contributed by atoms with E-state index in [1.54, 1.807) is 18.2 Å². The van der Waals surface area contributed by atoms with Crippen LogP contribution < -0.4 is 20.1 Å². The third kappa shape index (κ3) is 5.62. The monoisotopic (exact) mass is 565 g/mol. The van der Waals surface area contributed by atoms with Crippen molar-refractivity contribution in [3.05, 3.63) is 41.7 Å². The molecule has 1 amide bonds. The van der Waals surface area contributed by atoms with Crippen LogP contribution in [0.3, 0.4) is 0 Å². The molecule has 2 aliphatic heterocycles. The fourth-order valence-corrected chi connectivity index (χ4v) is 7.17. The minimum Gasteiger partial charge on any atom is -0.493 e. The zero-order valence-electron chi connectivity index (χ0n) is 23.2. The SMILES string of the molecule is CC(C)COc1cc(F)cc(-c2ccc(C(=O)NS(=O)(=O)N3CC4CC4(N)C3)c(N3C[C@@H](C)CC3(C)C)n2)c1.[HH].[HH].[HH]. The van der Waals surface area contributed by atoms with Gasteiger partial charge in [-0.15, -0.1) is 0 Å². The van der Waals surface area contributed by atoms with Gasteiger partial charge in [-0.3, -0.25) is 4.79 Å². The predicted octanol–water partition coefficient (Wildman–Crippen LogP) is 4.29. The summed E-state index contributed by atoms with van der Waals surface area (Å²) in [6.07, 6.45) is 1.67. The average Bonchev–Trinajstić information content (AvgIpc) is 3.19. The van der Waals surface area contributed by atoms with Gasteiger partial charge >= 0.3 is 10.2 Å². The van der Waals surface area contributed by atoms with Gasteiger partial charge in [0, 0.05) is 46.6 Å². The van der Waals surface area contributed by atoms with Crippen LogP contribution in [0.2, 0.25) is 0 Å². The Hall–Kier alpha value is -2.76. The number of aromatic nitrogens is 1. The number of pyridine rings is 1. The van der Waals surface area contributed by atoms with Crippen LogP contribution in [-0.4, -0.2) is 60.9 Å². The van der Waals surface area contributed by atoms with Gasteiger partial charge in [0.2, 0.25) is 0 Å². The second kappa shape index (κ2) is 9.71. The van der Waals surface area contributed by atoms with E-state index in [9.17, 15) is 17.6 Å². The number of ether oxygens (including phenoxy) is 1. The average molecular weight is 566 g/mol. The Labute approximate surface area is 234 Å². The molecule has 1 aromatic heterocycles. The highest BCUT2D eigenvalue weighted by molar-refractivity contribution is 7.87. The third-order valence-electron chi connectivity index (χ3n) is 7.93. The van der Waals surface area contributed by atoms with Crippen LogP contribution in [-0.2, 0) is 10.2 Å². The van der Waals surface area contributed by atoms with Gasteiger partial charge in [-0.1, -0.05) is 20.8 Å². The number of hydrogen-bond donors (Lipinski definition) is 2. The molecule has 0 bridgehead atoms. The summed E-state index contributed by atoms with van der Waals surface area (Å²) in [5.41, 5.74) is 6.48. The Morgan fingerprint density at radius 2 is 2.00 bits per heavy atom. The van der Waals surface area contributed by atoms with Crippen LogP contribution in [0, 0.1) is 23.6 Å². The van der Waals surface area contributed by atoms with Gasteiger partial charge < -0.3 is 15.4 Å². The molecule has 39 heavy (non-hydrogen) atoms. The first-order valence-corrected chi connectivity index (χ1v) is 14.9. The van der Waals surface area contributed by atoms with Crippen molar-refractivity contribution >= 4 is 21.9 Å². The van der Waals surface area contributed by atoms with Gasteiger partial charge in [-0.05, 0) is 68.7 Å². The summed E-state index contributed by atoms with van der Waals surface area (Å²) < 4.78 is 49.9. The fourth-order valence-electron chi connectivity index (χ4n) is 5.91. The number of hydrogen-bond acceptors (Lipinski definition) is 7. The van der Waals surface area contributed by atoms with Crippen molar-refractivity contribution in [2.24, 2.45) is 23.5 Å². The number of nitrogens with two attached hydrogens (primary N) is 1. The molecule has 3 heterocycles. The van der Waals surface area contributed by atoms with E-state index in [0.29, 0.717) is 48.4 Å². The molecule has 1 aliphatic carbocycles. The summed E-state index contributed by atoms with van der Waals surface area (Å²) in [6.45, 7) is 11.9. The Kier molecular flexibility index (Phi) is 6.92. The number of fused-ring (bicyclic) bond motifs is 1. The van der Waals surface area contributed by atoms with E-state index in [0.717, 1.165) is 12.8 Å². The van der Waals surface area contributed by atoms with Crippen molar-refractivity contribution in [3.8, 4) is 17.0 Å². The predicted molar refractivity (Wildman–Crippen MR) is 154 cm³/mol. The zero-order chi connectivity index (χ0) is 28.3. The molecule has 1 aromatic carbocycles. The second-order valence-corrected chi connectivity index (χ2v) is 14.2. The summed E-state index contributed by atoms with van der Waals surface area (Å²) in [4.78, 5) is 20.3. The number of nitrogens with zero attached hydrogens (tertiary/aromatic N) is 3. The summed E-state index contributed by atoms with van der Waals surface area (Å²) in [7, 11) is -4.07. The van der Waals surface area contributed by atoms with Crippen LogP contribution in [0.15, 0.2) is 30.3 Å². The third-order valence-corrected chi connectivity index (χ3v) is 9.34. The maximum Gasteiger partial charge on any atom is 0.304 e. The molecule has 3 N–H and O–H groups in total. The molecule has 2 unspecified atom stereocenters. The van der Waals surface area contributed by atoms with Crippen molar-refractivity contribution in [2.45, 2.75) is 58.5 Å². The van der Waals surface area contributed by atoms with Crippen LogP contribution in [0.25, 0.3) is 11.3 Å². The van der Waals surface area contributed by atoms with Crippen molar-refractivity contribution in [3.63, 3.8) is 0 Å². The van der Waals surface area contributed by atoms with Gasteiger partial charge in [-0.2, -0.15) is 12.7 Å². The van der Waals surface area contributed by atoms with E-state index < -0.39 is 27.5 Å². The highest BCUT2D eigenvalue weighted by Crippen LogP contribution is 2.48. The number of carbonyl (C=O) groups excluding carboxylic acids is 1. The van der Waals surface area contributed by atoms with Crippen molar-refractivity contribution in [2.75, 3.05) is 31.1 Å². The number of halogens is 1. The number of carbonyl (C=O) groups is 1. The second-order valence-electron chi connectivity index (χ2n) is 12.5. The van der Waals surface area contributed by atoms with Crippen LogP contribution in [0.5, 0.6) is 5.75 Å². The smallest absolute Gasteiger partial charge is 0.304 e. The van der Waals surface area contributed by atoms with Crippen molar-refractivity contribution in [1.82, 2.24) is 14.0 Å². The lowest BCUT2D eigenvalue weighted by atomic mass is 9.97. The molecule has 218 valence electrons. The highest BCUT2D eigenvalue weighted by atomic mass is 32.2. The first kappa shape index (κ1) is 27.8. The lowest BCUT2D eigenvalue weighted by Crippen LogP contribution is -2.46. The van der Waals surface area contributed by atoms with Crippen molar-refractivity contribution in [1.29, 1.82) is 0 Å². The first-order valence-electron chi connectivity index (χ1n) is 13.5. The van der Waals surface area contributed by atoms with E-state index in [1.165, 1.54) is 16.4 Å². The molecule has 0 radical (unpaired) electrons. The summed E-state index contributed by atoms with van der Waals surface area (Å²) in [6, 6.07) is 7.60. The van der Waals surface area contributed by atoms with E-state index in [2.05, 4.69) is 25.5 Å². The lowest BCUT2D eigenvalue weighted by molar-refractivity contribution is 0.0979. The van der Waals surface area contributed by atoms with Crippen LogP contribution in [0.1, 0.15) is 62.1 Å². The Morgan fingerprint density at radius 3 is 2.62 bits per heavy atom. The van der Waals surface area contributed by atoms with Gasteiger partial charge in [0.15, 0.2) is 0 Å². The highest BCUT2D eigenvalue weighted by Gasteiger charge is 2.59. The number of anilines is 1. The minimum absolute atomic E-state index is 0. The normalized spacial score (nSPS) is 26.1. The summed E-state index contributed by atoms with van der Waals surface area (Å²) in [5, 5.41) is 0. The molecular weight excluding hydrogens is 521 g/mol. The molecule has 2 aromatic rings. The Balaban J connectivity index is 0.00000205. The van der Waals surface area contributed by atoms with Crippen LogP contribution in [0.4, 0.5) is 10.2 Å². The molecule has 2 saturated heterocycles. The number of nitrogens with one attached hydrogen (secondary N) is 1. The molecule has 0 spiro atoms. The van der Waals surface area contributed by atoms with Gasteiger partial charge in [0.05, 0.1) is 17.9 Å². The van der Waals surface area contributed by atoms with Crippen LogP contribution >= 0.6 is 0 Å². The summed E-state index contributed by atoms with van der Waals surface area (Å²) >= 11 is 0. The molecule has 11 heteroatoms. The summed E-state index contributed by atoms with van der Waals surface area (Å²) in [5.74, 6) is 0.289. The van der Waals surface area contributed by atoms with E-state index in [1.807, 2.05) is 18.7 Å². The maximum absolute atomic E-state index is 14.5. The Morgan fingerprint density at radius 1 is 1.26 bits per heavy atom. The zero-order valence-corrected chi connectivity index (χ0v) is 24.0. The van der Waals surface area contributed by atoms with E-state index in [-0.39, 0.29) is 33.8 Å². The molecule has 3 atom stereocenters.